The van der Waals surface area contributed by atoms with E-state index in [9.17, 15) is 9.90 Å². The summed E-state index contributed by atoms with van der Waals surface area (Å²) in [7, 11) is 1.69. The first-order valence-electron chi connectivity index (χ1n) is 8.20. The van der Waals surface area contributed by atoms with Gasteiger partial charge in [0.05, 0.1) is 11.7 Å². The predicted octanol–water partition coefficient (Wildman–Crippen LogP) is 4.32. The summed E-state index contributed by atoms with van der Waals surface area (Å²) in [5, 5.41) is 14.8. The zero-order valence-electron chi connectivity index (χ0n) is 14.5. The number of hydrogen-bond donors (Lipinski definition) is 1. The molecule has 3 rings (SSSR count). The molecule has 5 nitrogen and oxygen atoms in total. The Hall–Kier alpha value is -2.63. The maximum absolute atomic E-state index is 12.8. The van der Waals surface area contributed by atoms with Crippen molar-refractivity contribution in [1.29, 1.82) is 0 Å². The molecule has 134 valence electrons. The van der Waals surface area contributed by atoms with Crippen LogP contribution in [0.15, 0.2) is 59.1 Å². The molecular weight excluding hydrogens is 352 g/mol. The van der Waals surface area contributed by atoms with Crippen LogP contribution in [0.3, 0.4) is 0 Å². The summed E-state index contributed by atoms with van der Waals surface area (Å²) in [5.74, 6) is -0.291. The highest BCUT2D eigenvalue weighted by Gasteiger charge is 2.28. The van der Waals surface area contributed by atoms with E-state index in [2.05, 4.69) is 5.16 Å². The first-order valence-corrected chi connectivity index (χ1v) is 8.58. The van der Waals surface area contributed by atoms with Crippen LogP contribution in [0.2, 0.25) is 5.02 Å². The summed E-state index contributed by atoms with van der Waals surface area (Å²) in [6.07, 6.45) is -0.906. The van der Waals surface area contributed by atoms with Gasteiger partial charge in [0.1, 0.15) is 5.69 Å². The van der Waals surface area contributed by atoms with Crippen molar-refractivity contribution >= 4 is 17.5 Å². The molecule has 1 amide bonds. The Morgan fingerprint density at radius 2 is 1.85 bits per heavy atom. The second-order valence-corrected chi connectivity index (χ2v) is 6.54. The molecule has 26 heavy (non-hydrogen) atoms. The Morgan fingerprint density at radius 3 is 2.46 bits per heavy atom. The van der Waals surface area contributed by atoms with Gasteiger partial charge in [0.15, 0.2) is 0 Å². The summed E-state index contributed by atoms with van der Waals surface area (Å²) in [4.78, 5) is 14.4. The first kappa shape index (κ1) is 18.2. The van der Waals surface area contributed by atoms with Crippen LogP contribution in [0.5, 0.6) is 0 Å². The van der Waals surface area contributed by atoms with Crippen LogP contribution in [-0.2, 0) is 6.54 Å². The third-order valence-electron chi connectivity index (χ3n) is 4.07. The van der Waals surface area contributed by atoms with Gasteiger partial charge in [-0.15, -0.1) is 0 Å². The minimum atomic E-state index is -0.906. The number of rotatable bonds is 5. The zero-order chi connectivity index (χ0) is 18.7. The minimum absolute atomic E-state index is 0.0448. The van der Waals surface area contributed by atoms with Crippen LogP contribution in [0.1, 0.15) is 34.7 Å². The molecule has 1 heterocycles. The fraction of sp³-hybridized carbons (Fsp3) is 0.200. The van der Waals surface area contributed by atoms with Crippen molar-refractivity contribution in [2.24, 2.45) is 0 Å². The monoisotopic (exact) mass is 370 g/mol. The minimum Gasteiger partial charge on any atom is -0.388 e. The number of benzene rings is 2. The Kier molecular flexibility index (Phi) is 5.40. The molecule has 1 N–H and O–H groups in total. The lowest BCUT2D eigenvalue weighted by molar-refractivity contribution is 0.0735. The number of amides is 1. The van der Waals surface area contributed by atoms with Crippen molar-refractivity contribution in [3.8, 4) is 11.3 Å². The molecule has 1 aromatic heterocycles. The molecule has 1 unspecified atom stereocenters. The second kappa shape index (κ2) is 7.72. The molecule has 0 aliphatic heterocycles. The molecular formula is C20H19ClN2O3. The summed E-state index contributed by atoms with van der Waals surface area (Å²) < 4.78 is 5.33. The van der Waals surface area contributed by atoms with Crippen molar-refractivity contribution in [2.45, 2.75) is 19.6 Å². The van der Waals surface area contributed by atoms with Crippen LogP contribution < -0.4 is 0 Å². The van der Waals surface area contributed by atoms with E-state index < -0.39 is 6.10 Å². The molecule has 0 spiro atoms. The van der Waals surface area contributed by atoms with Crippen LogP contribution in [-0.4, -0.2) is 28.1 Å². The highest BCUT2D eigenvalue weighted by atomic mass is 35.5. The van der Waals surface area contributed by atoms with Crippen LogP contribution in [0, 0.1) is 0 Å². The second-order valence-electron chi connectivity index (χ2n) is 6.10. The van der Waals surface area contributed by atoms with E-state index in [4.69, 9.17) is 16.1 Å². The number of aliphatic hydroxyl groups excluding tert-OH is 1. The summed E-state index contributed by atoms with van der Waals surface area (Å²) in [5.41, 5.74) is 2.53. The maximum Gasteiger partial charge on any atom is 0.292 e. The average Bonchev–Trinajstić information content (AvgIpc) is 3.07. The average molecular weight is 371 g/mol. The maximum atomic E-state index is 12.8. The van der Waals surface area contributed by atoms with E-state index in [0.717, 1.165) is 11.1 Å². The van der Waals surface area contributed by atoms with Gasteiger partial charge < -0.3 is 14.5 Å². The summed E-state index contributed by atoms with van der Waals surface area (Å²) in [6.45, 7) is 2.01. The standard InChI is InChI=1S/C20H19ClN2O3/c1-13(24)17-18(15-8-10-16(21)11-9-15)22-26-19(17)20(25)23(2)12-14-6-4-3-5-7-14/h3-11,13,24H,12H2,1-2H3. The van der Waals surface area contributed by atoms with Crippen LogP contribution >= 0.6 is 11.6 Å². The molecule has 1 atom stereocenters. The van der Waals surface area contributed by atoms with Crippen LogP contribution in [0.4, 0.5) is 0 Å². The Bertz CT molecular complexity index is 889. The van der Waals surface area contributed by atoms with Gasteiger partial charge >= 0.3 is 0 Å². The van der Waals surface area contributed by atoms with Gasteiger partial charge in [-0.3, -0.25) is 4.79 Å². The van der Waals surface area contributed by atoms with E-state index >= 15 is 0 Å². The first-order chi connectivity index (χ1) is 12.5. The highest BCUT2D eigenvalue weighted by Crippen LogP contribution is 2.32. The molecule has 0 bridgehead atoms. The molecule has 0 saturated carbocycles. The number of aliphatic hydroxyl groups is 1. The lowest BCUT2D eigenvalue weighted by Crippen LogP contribution is -2.27. The normalized spacial score (nSPS) is 12.0. The molecule has 6 heteroatoms. The van der Waals surface area contributed by atoms with Gasteiger partial charge in [-0.05, 0) is 24.6 Å². The molecule has 0 fully saturated rings. The smallest absolute Gasteiger partial charge is 0.292 e. The molecule has 0 saturated heterocycles. The Labute approximate surface area is 156 Å². The van der Waals surface area contributed by atoms with E-state index in [0.29, 0.717) is 22.8 Å². The van der Waals surface area contributed by atoms with Gasteiger partial charge in [-0.25, -0.2) is 0 Å². The molecule has 0 aliphatic carbocycles. The largest absolute Gasteiger partial charge is 0.388 e. The highest BCUT2D eigenvalue weighted by molar-refractivity contribution is 6.30. The van der Waals surface area contributed by atoms with Crippen molar-refractivity contribution < 1.29 is 14.4 Å². The molecule has 2 aromatic carbocycles. The van der Waals surface area contributed by atoms with Crippen molar-refractivity contribution in [3.05, 3.63) is 76.5 Å². The van der Waals surface area contributed by atoms with Gasteiger partial charge in [0.25, 0.3) is 5.91 Å². The zero-order valence-corrected chi connectivity index (χ0v) is 15.3. The predicted molar refractivity (Wildman–Crippen MR) is 99.8 cm³/mol. The number of carbonyl (C=O) groups excluding carboxylic acids is 1. The van der Waals surface area contributed by atoms with Gasteiger partial charge in [-0.2, -0.15) is 0 Å². The Morgan fingerprint density at radius 1 is 1.19 bits per heavy atom. The molecule has 3 aromatic rings. The number of aromatic nitrogens is 1. The van der Waals surface area contributed by atoms with Gasteiger partial charge in [0, 0.05) is 24.2 Å². The fourth-order valence-corrected chi connectivity index (χ4v) is 2.88. The number of hydrogen-bond acceptors (Lipinski definition) is 4. The number of halogens is 1. The van der Waals surface area contributed by atoms with Gasteiger partial charge in [0.2, 0.25) is 5.76 Å². The van der Waals surface area contributed by atoms with Gasteiger partial charge in [-0.1, -0.05) is 59.2 Å². The van der Waals surface area contributed by atoms with Crippen LogP contribution in [0.25, 0.3) is 11.3 Å². The fourth-order valence-electron chi connectivity index (χ4n) is 2.76. The van der Waals surface area contributed by atoms with E-state index in [1.54, 1.807) is 38.2 Å². The molecule has 0 radical (unpaired) electrons. The third kappa shape index (κ3) is 3.79. The Balaban J connectivity index is 1.92. The lowest BCUT2D eigenvalue weighted by Gasteiger charge is -2.17. The van der Waals surface area contributed by atoms with Crippen molar-refractivity contribution in [2.75, 3.05) is 7.05 Å². The summed E-state index contributed by atoms with van der Waals surface area (Å²) >= 11 is 5.92. The molecule has 0 aliphatic rings. The lowest BCUT2D eigenvalue weighted by atomic mass is 10.0. The van der Waals surface area contributed by atoms with E-state index in [1.807, 2.05) is 30.3 Å². The van der Waals surface area contributed by atoms with E-state index in [-0.39, 0.29) is 11.7 Å². The number of nitrogens with zero attached hydrogens (tertiary/aromatic N) is 2. The summed E-state index contributed by atoms with van der Waals surface area (Å²) in [6, 6.07) is 16.6. The quantitative estimate of drug-likeness (QED) is 0.726. The van der Waals surface area contributed by atoms with E-state index in [1.165, 1.54) is 4.90 Å². The third-order valence-corrected chi connectivity index (χ3v) is 4.32. The SMILES string of the molecule is CC(O)c1c(-c2ccc(Cl)cc2)noc1C(=O)N(C)Cc1ccccc1. The van der Waals surface area contributed by atoms with Crippen molar-refractivity contribution in [1.82, 2.24) is 10.1 Å². The topological polar surface area (TPSA) is 66.6 Å². The van der Waals surface area contributed by atoms with Crippen molar-refractivity contribution in [3.63, 3.8) is 0 Å². The number of carbonyl (C=O) groups is 1.